The molecule has 0 spiro atoms. The lowest BCUT2D eigenvalue weighted by atomic mass is 9.99. The average molecular weight is 216 g/mol. The van der Waals surface area contributed by atoms with Gasteiger partial charge < -0.3 is 16.2 Å². The molecule has 0 radical (unpaired) electrons. The molecule has 0 aliphatic carbocycles. The molecule has 4 N–H and O–H groups in total. The maximum Gasteiger partial charge on any atom is 0.308 e. The van der Waals surface area contributed by atoms with Crippen LogP contribution in [0.4, 0.5) is 0 Å². The van der Waals surface area contributed by atoms with Crippen molar-refractivity contribution in [1.29, 1.82) is 0 Å². The fraction of sp³-hybridized carbons (Fsp3) is 0.800. The van der Waals surface area contributed by atoms with Gasteiger partial charge in [0.05, 0.1) is 12.0 Å². The number of carboxylic acid groups (broad SMARTS) is 1. The highest BCUT2D eigenvalue weighted by Crippen LogP contribution is 2.05. The monoisotopic (exact) mass is 216 g/mol. The van der Waals surface area contributed by atoms with E-state index in [1.54, 1.807) is 0 Å². The Morgan fingerprint density at radius 3 is 2.33 bits per heavy atom. The predicted octanol–water partition coefficient (Wildman–Crippen LogP) is 0.197. The normalized spacial score (nSPS) is 16.5. The van der Waals surface area contributed by atoms with E-state index in [4.69, 9.17) is 10.8 Å². The second-order valence-electron chi connectivity index (χ2n) is 3.90. The van der Waals surface area contributed by atoms with E-state index in [1.807, 2.05) is 13.8 Å². The molecule has 1 amide bonds. The molecule has 5 nitrogen and oxygen atoms in total. The molecule has 0 saturated heterocycles. The topological polar surface area (TPSA) is 92.4 Å². The van der Waals surface area contributed by atoms with Crippen molar-refractivity contribution in [3.63, 3.8) is 0 Å². The van der Waals surface area contributed by atoms with Crippen molar-refractivity contribution in [2.75, 3.05) is 6.54 Å². The van der Waals surface area contributed by atoms with Crippen molar-refractivity contribution >= 4 is 11.9 Å². The van der Waals surface area contributed by atoms with Crippen LogP contribution >= 0.6 is 0 Å². The molecule has 15 heavy (non-hydrogen) atoms. The van der Waals surface area contributed by atoms with Crippen molar-refractivity contribution in [2.45, 2.75) is 33.2 Å². The molecule has 0 aromatic heterocycles. The number of nitrogens with two attached hydrogens (primary N) is 1. The van der Waals surface area contributed by atoms with Crippen molar-refractivity contribution in [3.8, 4) is 0 Å². The molecular weight excluding hydrogens is 196 g/mol. The van der Waals surface area contributed by atoms with Gasteiger partial charge in [-0.1, -0.05) is 27.2 Å². The highest BCUT2D eigenvalue weighted by molar-refractivity contribution is 5.82. The van der Waals surface area contributed by atoms with Gasteiger partial charge >= 0.3 is 5.97 Å². The lowest BCUT2D eigenvalue weighted by molar-refractivity contribution is -0.141. The number of hydrogen-bond donors (Lipinski definition) is 3. The largest absolute Gasteiger partial charge is 0.481 e. The summed E-state index contributed by atoms with van der Waals surface area (Å²) in [5.74, 6) is -1.69. The Morgan fingerprint density at radius 2 is 1.93 bits per heavy atom. The molecule has 0 aromatic rings. The van der Waals surface area contributed by atoms with Gasteiger partial charge in [0.2, 0.25) is 5.91 Å². The molecule has 0 aliphatic rings. The van der Waals surface area contributed by atoms with Crippen LogP contribution in [0.15, 0.2) is 0 Å². The van der Waals surface area contributed by atoms with E-state index in [-0.39, 0.29) is 18.4 Å². The summed E-state index contributed by atoms with van der Waals surface area (Å²) >= 11 is 0. The van der Waals surface area contributed by atoms with Crippen molar-refractivity contribution < 1.29 is 14.7 Å². The Hall–Kier alpha value is -1.10. The Morgan fingerprint density at radius 1 is 1.40 bits per heavy atom. The second kappa shape index (κ2) is 6.40. The predicted molar refractivity (Wildman–Crippen MR) is 57.2 cm³/mol. The second-order valence-corrected chi connectivity index (χ2v) is 3.90. The maximum absolute atomic E-state index is 11.4. The van der Waals surface area contributed by atoms with Gasteiger partial charge in [0.1, 0.15) is 0 Å². The van der Waals surface area contributed by atoms with Crippen LogP contribution in [0.1, 0.15) is 27.2 Å². The number of nitrogens with one attached hydrogen (secondary N) is 1. The molecule has 0 aromatic carbocycles. The minimum atomic E-state index is -0.924. The Labute approximate surface area is 90.0 Å². The number of carbonyl (C=O) groups is 2. The van der Waals surface area contributed by atoms with Crippen molar-refractivity contribution in [1.82, 2.24) is 5.32 Å². The molecule has 0 fully saturated rings. The summed E-state index contributed by atoms with van der Waals surface area (Å²) in [6, 6.07) is -0.559. The molecule has 0 saturated carbocycles. The van der Waals surface area contributed by atoms with E-state index in [2.05, 4.69) is 5.32 Å². The SMILES string of the molecule is CCC(C)C(N)C(=O)NCC(C)C(=O)O. The number of hydrogen-bond acceptors (Lipinski definition) is 3. The van der Waals surface area contributed by atoms with Crippen molar-refractivity contribution in [2.24, 2.45) is 17.6 Å². The average Bonchev–Trinajstić information content (AvgIpc) is 2.22. The summed E-state index contributed by atoms with van der Waals surface area (Å²) in [7, 11) is 0. The number of amides is 1. The van der Waals surface area contributed by atoms with Gasteiger partial charge in [-0.15, -0.1) is 0 Å². The standard InChI is InChI=1S/C10H20N2O3/c1-4-6(2)8(11)9(13)12-5-7(3)10(14)15/h6-8H,4-5,11H2,1-3H3,(H,12,13)(H,14,15). The number of aliphatic carboxylic acids is 1. The third-order valence-corrected chi connectivity index (χ3v) is 2.56. The Bertz CT molecular complexity index is 231. The van der Waals surface area contributed by atoms with Gasteiger partial charge in [0, 0.05) is 6.54 Å². The summed E-state index contributed by atoms with van der Waals surface area (Å²) in [6.45, 7) is 5.51. The smallest absolute Gasteiger partial charge is 0.308 e. The van der Waals surface area contributed by atoms with Crippen LogP contribution in [0.3, 0.4) is 0 Å². The Balaban J connectivity index is 3.98. The van der Waals surface area contributed by atoms with Gasteiger partial charge in [0.25, 0.3) is 0 Å². The summed E-state index contributed by atoms with van der Waals surface area (Å²) in [5.41, 5.74) is 5.67. The summed E-state index contributed by atoms with van der Waals surface area (Å²) < 4.78 is 0. The minimum absolute atomic E-state index is 0.102. The van der Waals surface area contributed by atoms with Crippen LogP contribution in [-0.4, -0.2) is 29.6 Å². The molecule has 5 heteroatoms. The van der Waals surface area contributed by atoms with Crippen molar-refractivity contribution in [3.05, 3.63) is 0 Å². The van der Waals surface area contributed by atoms with E-state index in [1.165, 1.54) is 6.92 Å². The summed E-state index contributed by atoms with van der Waals surface area (Å²) in [4.78, 5) is 21.9. The summed E-state index contributed by atoms with van der Waals surface area (Å²) in [5, 5.41) is 11.1. The molecular formula is C10H20N2O3. The first-order chi connectivity index (χ1) is 6.90. The van der Waals surface area contributed by atoms with Crippen LogP contribution in [-0.2, 0) is 9.59 Å². The van der Waals surface area contributed by atoms with Gasteiger partial charge in [-0.05, 0) is 5.92 Å². The molecule has 0 bridgehead atoms. The van der Waals surface area contributed by atoms with Crippen LogP contribution < -0.4 is 11.1 Å². The number of rotatable bonds is 6. The van der Waals surface area contributed by atoms with Crippen LogP contribution in [0.25, 0.3) is 0 Å². The van der Waals surface area contributed by atoms with Gasteiger partial charge in [0.15, 0.2) is 0 Å². The molecule has 0 heterocycles. The van der Waals surface area contributed by atoms with E-state index in [0.717, 1.165) is 6.42 Å². The number of carbonyl (C=O) groups excluding carboxylic acids is 1. The first-order valence-corrected chi connectivity index (χ1v) is 5.16. The first-order valence-electron chi connectivity index (χ1n) is 5.16. The zero-order valence-electron chi connectivity index (χ0n) is 9.49. The van der Waals surface area contributed by atoms with E-state index in [9.17, 15) is 9.59 Å². The van der Waals surface area contributed by atoms with Gasteiger partial charge in [-0.3, -0.25) is 9.59 Å². The quantitative estimate of drug-likeness (QED) is 0.591. The van der Waals surface area contributed by atoms with E-state index in [0.29, 0.717) is 0 Å². The lowest BCUT2D eigenvalue weighted by Gasteiger charge is -2.18. The first kappa shape index (κ1) is 13.9. The number of carboxylic acids is 1. The molecule has 0 rings (SSSR count). The van der Waals surface area contributed by atoms with E-state index >= 15 is 0 Å². The Kier molecular flexibility index (Phi) is 5.93. The van der Waals surface area contributed by atoms with Crippen LogP contribution in [0, 0.1) is 11.8 Å². The highest BCUT2D eigenvalue weighted by Gasteiger charge is 2.20. The fourth-order valence-corrected chi connectivity index (χ4v) is 0.971. The van der Waals surface area contributed by atoms with Crippen LogP contribution in [0.2, 0.25) is 0 Å². The molecule has 0 aliphatic heterocycles. The van der Waals surface area contributed by atoms with Gasteiger partial charge in [-0.2, -0.15) is 0 Å². The summed E-state index contributed by atoms with van der Waals surface area (Å²) in [6.07, 6.45) is 0.822. The molecule has 3 atom stereocenters. The fourth-order valence-electron chi connectivity index (χ4n) is 0.971. The third-order valence-electron chi connectivity index (χ3n) is 2.56. The third kappa shape index (κ3) is 4.78. The zero-order chi connectivity index (χ0) is 12.0. The highest BCUT2D eigenvalue weighted by atomic mass is 16.4. The minimum Gasteiger partial charge on any atom is -0.481 e. The lowest BCUT2D eigenvalue weighted by Crippen LogP contribution is -2.46. The molecule has 3 unspecified atom stereocenters. The zero-order valence-corrected chi connectivity index (χ0v) is 9.49. The maximum atomic E-state index is 11.4. The molecule has 88 valence electrons. The van der Waals surface area contributed by atoms with Gasteiger partial charge in [-0.25, -0.2) is 0 Å². The van der Waals surface area contributed by atoms with E-state index < -0.39 is 17.9 Å². The van der Waals surface area contributed by atoms with Crippen LogP contribution in [0.5, 0.6) is 0 Å².